The number of carbonyl (C=O) groups is 2. The molecular formula is C20H21N5O6. The van der Waals surface area contributed by atoms with E-state index < -0.39 is 24.4 Å². The number of aromatic nitrogens is 4. The molecule has 1 fully saturated rings. The molecule has 4 rings (SSSR count). The molecule has 0 unspecified atom stereocenters. The number of hydrogen-bond acceptors (Lipinski definition) is 9. The maximum atomic E-state index is 12.5. The summed E-state index contributed by atoms with van der Waals surface area (Å²) >= 11 is 0. The van der Waals surface area contributed by atoms with Crippen LogP contribution in [0.5, 0.6) is 0 Å². The zero-order valence-corrected chi connectivity index (χ0v) is 16.7. The van der Waals surface area contributed by atoms with Gasteiger partial charge in [0.1, 0.15) is 31.4 Å². The summed E-state index contributed by atoms with van der Waals surface area (Å²) in [5.74, 6) is -0.603. The Bertz CT molecular complexity index is 1070. The minimum Gasteiger partial charge on any atom is -0.458 e. The van der Waals surface area contributed by atoms with Crippen LogP contribution in [0.2, 0.25) is 0 Å². The number of ether oxygens (including phenoxy) is 3. The Morgan fingerprint density at radius 1 is 1.26 bits per heavy atom. The number of aliphatic hydroxyl groups is 1. The quantitative estimate of drug-likeness (QED) is 0.527. The predicted molar refractivity (Wildman–Crippen MR) is 107 cm³/mol. The first-order valence-electron chi connectivity index (χ1n) is 9.59. The number of nitrogens with zero attached hydrogens (tertiary/aromatic N) is 4. The van der Waals surface area contributed by atoms with Gasteiger partial charge in [0.2, 0.25) is 0 Å². The van der Waals surface area contributed by atoms with Crippen molar-refractivity contribution in [3.8, 4) is 0 Å². The molecular weight excluding hydrogens is 406 g/mol. The Kier molecular flexibility index (Phi) is 6.16. The van der Waals surface area contributed by atoms with Crippen molar-refractivity contribution >= 4 is 28.9 Å². The van der Waals surface area contributed by atoms with Crippen molar-refractivity contribution in [1.29, 1.82) is 0 Å². The van der Waals surface area contributed by atoms with Gasteiger partial charge in [0.25, 0.3) is 5.91 Å². The average Bonchev–Trinajstić information content (AvgIpc) is 3.39. The summed E-state index contributed by atoms with van der Waals surface area (Å²) in [4.78, 5) is 37.0. The fourth-order valence-electron chi connectivity index (χ4n) is 3.40. The molecule has 1 aliphatic heterocycles. The van der Waals surface area contributed by atoms with Crippen LogP contribution >= 0.6 is 0 Å². The van der Waals surface area contributed by atoms with Crippen molar-refractivity contribution < 1.29 is 28.9 Å². The van der Waals surface area contributed by atoms with Crippen LogP contribution in [0.25, 0.3) is 11.2 Å². The van der Waals surface area contributed by atoms with Gasteiger partial charge < -0.3 is 24.6 Å². The Morgan fingerprint density at radius 2 is 2.06 bits per heavy atom. The highest BCUT2D eigenvalue weighted by molar-refractivity contribution is 6.06. The number of imidazole rings is 1. The molecule has 162 valence electrons. The first-order valence-corrected chi connectivity index (χ1v) is 9.59. The van der Waals surface area contributed by atoms with Crippen LogP contribution in [0.4, 0.5) is 5.82 Å². The maximum absolute atomic E-state index is 12.5. The first-order chi connectivity index (χ1) is 15.1. The SMILES string of the molecule is COCC(=O)O[C@H]1C[C@H](n2cnc3c(NC(=O)c4ccccc4)ncnc32)O[C@@H]1CO. The van der Waals surface area contributed by atoms with Crippen molar-refractivity contribution in [1.82, 2.24) is 19.5 Å². The molecule has 3 atom stereocenters. The van der Waals surface area contributed by atoms with Crippen molar-refractivity contribution in [2.45, 2.75) is 24.9 Å². The monoisotopic (exact) mass is 427 g/mol. The van der Waals surface area contributed by atoms with Crippen molar-refractivity contribution in [2.24, 2.45) is 0 Å². The summed E-state index contributed by atoms with van der Waals surface area (Å²) in [5.41, 5.74) is 1.30. The zero-order valence-electron chi connectivity index (χ0n) is 16.7. The molecule has 3 heterocycles. The summed E-state index contributed by atoms with van der Waals surface area (Å²) in [6, 6.07) is 8.74. The average molecular weight is 427 g/mol. The summed E-state index contributed by atoms with van der Waals surface area (Å²) in [5, 5.41) is 12.4. The smallest absolute Gasteiger partial charge is 0.332 e. The van der Waals surface area contributed by atoms with E-state index >= 15 is 0 Å². The standard InChI is InChI=1S/C20H21N5O6/c1-29-9-16(27)31-13-7-15(30-14(13)8-26)25-11-23-17-18(21-10-22-19(17)25)24-20(28)12-5-3-2-4-6-12/h2-6,10-11,13-15,26H,7-9H2,1H3,(H,21,22,24,28)/t13-,14+,15+/m0/s1. The van der Waals surface area contributed by atoms with E-state index in [1.165, 1.54) is 19.8 Å². The zero-order chi connectivity index (χ0) is 21.8. The second-order valence-electron chi connectivity index (χ2n) is 6.88. The Labute approximate surface area is 177 Å². The van der Waals surface area contributed by atoms with E-state index in [2.05, 4.69) is 20.3 Å². The molecule has 1 saturated heterocycles. The summed E-state index contributed by atoms with van der Waals surface area (Å²) in [6.45, 7) is -0.507. The minimum absolute atomic E-state index is 0.189. The van der Waals surface area contributed by atoms with E-state index in [1.54, 1.807) is 28.8 Å². The van der Waals surface area contributed by atoms with Gasteiger partial charge in [-0.1, -0.05) is 18.2 Å². The molecule has 31 heavy (non-hydrogen) atoms. The van der Waals surface area contributed by atoms with Crippen LogP contribution in [0.15, 0.2) is 43.0 Å². The summed E-state index contributed by atoms with van der Waals surface area (Å²) < 4.78 is 17.6. The topological polar surface area (TPSA) is 138 Å². The highest BCUT2D eigenvalue weighted by atomic mass is 16.6. The van der Waals surface area contributed by atoms with E-state index in [0.717, 1.165) is 0 Å². The molecule has 2 aromatic heterocycles. The van der Waals surface area contributed by atoms with Gasteiger partial charge in [-0.05, 0) is 12.1 Å². The number of amides is 1. The molecule has 0 radical (unpaired) electrons. The summed E-state index contributed by atoms with van der Waals surface area (Å²) in [7, 11) is 1.39. The molecule has 1 amide bonds. The van der Waals surface area contributed by atoms with Crippen LogP contribution in [0.3, 0.4) is 0 Å². The Balaban J connectivity index is 1.55. The lowest BCUT2D eigenvalue weighted by molar-refractivity contribution is -0.157. The molecule has 1 aromatic carbocycles. The van der Waals surface area contributed by atoms with Crippen LogP contribution in [0, 0.1) is 0 Å². The molecule has 1 aliphatic rings. The third-order valence-electron chi connectivity index (χ3n) is 4.84. The molecule has 0 spiro atoms. The second kappa shape index (κ2) is 9.16. The van der Waals surface area contributed by atoms with Crippen molar-refractivity contribution in [3.63, 3.8) is 0 Å². The maximum Gasteiger partial charge on any atom is 0.332 e. The lowest BCUT2D eigenvalue weighted by Crippen LogP contribution is -2.31. The number of anilines is 1. The van der Waals surface area contributed by atoms with Crippen molar-refractivity contribution in [2.75, 3.05) is 25.6 Å². The fourth-order valence-corrected chi connectivity index (χ4v) is 3.40. The normalized spacial score (nSPS) is 20.6. The van der Waals surface area contributed by atoms with Crippen LogP contribution in [-0.2, 0) is 19.0 Å². The van der Waals surface area contributed by atoms with Crippen LogP contribution < -0.4 is 5.32 Å². The van der Waals surface area contributed by atoms with Gasteiger partial charge in [-0.3, -0.25) is 9.36 Å². The van der Waals surface area contributed by atoms with Gasteiger partial charge >= 0.3 is 5.97 Å². The highest BCUT2D eigenvalue weighted by Crippen LogP contribution is 2.33. The number of aliphatic hydroxyl groups excluding tert-OH is 1. The number of methoxy groups -OCH3 is 1. The van der Waals surface area contributed by atoms with Gasteiger partial charge in [-0.2, -0.15) is 0 Å². The molecule has 3 aromatic rings. The lowest BCUT2D eigenvalue weighted by atomic mass is 10.2. The third kappa shape index (κ3) is 4.38. The summed E-state index contributed by atoms with van der Waals surface area (Å²) in [6.07, 6.45) is 1.21. The predicted octanol–water partition coefficient (Wildman–Crippen LogP) is 0.917. The molecule has 0 saturated carbocycles. The number of carbonyl (C=O) groups excluding carboxylic acids is 2. The minimum atomic E-state index is -0.692. The van der Waals surface area contributed by atoms with E-state index in [9.17, 15) is 14.7 Å². The Morgan fingerprint density at radius 3 is 2.81 bits per heavy atom. The number of esters is 1. The number of rotatable bonds is 7. The molecule has 11 heteroatoms. The number of hydrogen-bond donors (Lipinski definition) is 2. The first kappa shape index (κ1) is 20.8. The largest absolute Gasteiger partial charge is 0.458 e. The van der Waals surface area contributed by atoms with E-state index in [-0.39, 0.29) is 24.9 Å². The molecule has 0 aliphatic carbocycles. The van der Waals surface area contributed by atoms with Gasteiger partial charge in [0.05, 0.1) is 12.9 Å². The number of nitrogens with one attached hydrogen (secondary N) is 1. The van der Waals surface area contributed by atoms with Gasteiger partial charge in [-0.25, -0.2) is 19.7 Å². The number of fused-ring (bicyclic) bond motifs is 1. The second-order valence-corrected chi connectivity index (χ2v) is 6.88. The van der Waals surface area contributed by atoms with Crippen LogP contribution in [0.1, 0.15) is 23.0 Å². The lowest BCUT2D eigenvalue weighted by Gasteiger charge is -2.16. The third-order valence-corrected chi connectivity index (χ3v) is 4.84. The van der Waals surface area contributed by atoms with E-state index in [4.69, 9.17) is 14.2 Å². The number of benzene rings is 1. The van der Waals surface area contributed by atoms with E-state index in [0.29, 0.717) is 23.1 Å². The molecule has 0 bridgehead atoms. The van der Waals surface area contributed by atoms with Gasteiger partial charge in [0, 0.05) is 19.1 Å². The van der Waals surface area contributed by atoms with Crippen molar-refractivity contribution in [3.05, 3.63) is 48.5 Å². The van der Waals surface area contributed by atoms with Crippen LogP contribution in [-0.4, -0.2) is 69.0 Å². The Hall–Kier alpha value is -3.41. The van der Waals surface area contributed by atoms with E-state index in [1.807, 2.05) is 6.07 Å². The highest BCUT2D eigenvalue weighted by Gasteiger charge is 2.39. The van der Waals surface area contributed by atoms with Gasteiger partial charge in [-0.15, -0.1) is 0 Å². The molecule has 2 N–H and O–H groups in total. The van der Waals surface area contributed by atoms with Gasteiger partial charge in [0.15, 0.2) is 17.0 Å². The molecule has 11 nitrogen and oxygen atoms in total. The fraction of sp³-hybridized carbons (Fsp3) is 0.350.